The van der Waals surface area contributed by atoms with E-state index in [4.69, 9.17) is 4.74 Å². The Balaban J connectivity index is 0.00000200. The highest BCUT2D eigenvalue weighted by Gasteiger charge is 2.39. The highest BCUT2D eigenvalue weighted by atomic mass is 35.5. The number of halogens is 1. The quantitative estimate of drug-likeness (QED) is 0.798. The van der Waals surface area contributed by atoms with E-state index in [1.165, 1.54) is 0 Å². The second-order valence-electron chi connectivity index (χ2n) is 5.12. The van der Waals surface area contributed by atoms with E-state index in [2.05, 4.69) is 24.0 Å². The largest absolute Gasteiger partial charge is 0.454 e. The van der Waals surface area contributed by atoms with E-state index in [0.29, 0.717) is 6.42 Å². The monoisotopic (exact) mass is 297 g/mol. The molecule has 0 unspecified atom stereocenters. The lowest BCUT2D eigenvalue weighted by molar-refractivity contribution is -0.166. The molecule has 0 bridgehead atoms. The van der Waals surface area contributed by atoms with Crippen LogP contribution in [-0.2, 0) is 15.1 Å². The molecule has 0 aliphatic carbocycles. The summed E-state index contributed by atoms with van der Waals surface area (Å²) in [5.74, 6) is -0.103. The minimum Gasteiger partial charge on any atom is -0.454 e. The molecule has 20 heavy (non-hydrogen) atoms. The van der Waals surface area contributed by atoms with Gasteiger partial charge in [-0.2, -0.15) is 0 Å². The Morgan fingerprint density at radius 3 is 2.30 bits per heavy atom. The van der Waals surface area contributed by atoms with Gasteiger partial charge in [0.25, 0.3) is 0 Å². The van der Waals surface area contributed by atoms with Crippen molar-refractivity contribution in [3.63, 3.8) is 0 Å². The maximum Gasteiger partial charge on any atom is 0.306 e. The van der Waals surface area contributed by atoms with Crippen molar-refractivity contribution in [3.05, 3.63) is 35.9 Å². The Kier molecular flexibility index (Phi) is 6.50. The maximum atomic E-state index is 11.8. The first kappa shape index (κ1) is 17.0. The highest BCUT2D eigenvalue weighted by molar-refractivity contribution is 5.85. The molecule has 0 radical (unpaired) electrons. The summed E-state index contributed by atoms with van der Waals surface area (Å²) in [5, 5.41) is 0. The summed E-state index contributed by atoms with van der Waals surface area (Å²) in [6.07, 6.45) is 2.21. The predicted molar refractivity (Wildman–Crippen MR) is 83.1 cm³/mol. The Bertz CT molecular complexity index is 414. The van der Waals surface area contributed by atoms with Crippen molar-refractivity contribution in [1.82, 2.24) is 4.90 Å². The molecule has 2 rings (SSSR count). The molecule has 0 atom stereocenters. The maximum absolute atomic E-state index is 11.8. The Labute approximate surface area is 127 Å². The molecule has 4 heteroatoms. The van der Waals surface area contributed by atoms with E-state index in [9.17, 15) is 4.79 Å². The van der Waals surface area contributed by atoms with Crippen LogP contribution in [0.5, 0.6) is 0 Å². The second kappa shape index (κ2) is 7.65. The zero-order valence-corrected chi connectivity index (χ0v) is 13.1. The van der Waals surface area contributed by atoms with E-state index in [0.717, 1.165) is 38.0 Å². The van der Waals surface area contributed by atoms with Crippen LogP contribution in [0.15, 0.2) is 30.3 Å². The molecule has 0 N–H and O–H groups in total. The van der Waals surface area contributed by atoms with Crippen molar-refractivity contribution in [3.8, 4) is 0 Å². The van der Waals surface area contributed by atoms with Crippen LogP contribution >= 0.6 is 12.4 Å². The number of piperidine rings is 1. The lowest BCUT2D eigenvalue weighted by Gasteiger charge is -2.41. The molecule has 3 nitrogen and oxygen atoms in total. The van der Waals surface area contributed by atoms with Crippen LogP contribution in [-0.4, -0.2) is 30.5 Å². The third-order valence-corrected chi connectivity index (χ3v) is 4.01. The summed E-state index contributed by atoms with van der Waals surface area (Å²) in [6, 6.07) is 10.2. The van der Waals surface area contributed by atoms with Crippen LogP contribution in [0.4, 0.5) is 0 Å². The number of carbonyl (C=O) groups is 1. The van der Waals surface area contributed by atoms with Crippen LogP contribution in [0.2, 0.25) is 0 Å². The van der Waals surface area contributed by atoms with Gasteiger partial charge in [0, 0.05) is 32.4 Å². The molecule has 1 aliphatic heterocycles. The molecule has 1 fully saturated rings. The highest BCUT2D eigenvalue weighted by Crippen LogP contribution is 2.37. The predicted octanol–water partition coefficient (Wildman–Crippen LogP) is 3.37. The summed E-state index contributed by atoms with van der Waals surface area (Å²) in [7, 11) is 0. The van der Waals surface area contributed by atoms with Gasteiger partial charge in [0.15, 0.2) is 0 Å². The van der Waals surface area contributed by atoms with Gasteiger partial charge in [-0.05, 0) is 12.1 Å². The lowest BCUT2D eigenvalue weighted by atomic mass is 9.84. The van der Waals surface area contributed by atoms with Gasteiger partial charge in [-0.3, -0.25) is 4.79 Å². The van der Waals surface area contributed by atoms with Crippen molar-refractivity contribution in [1.29, 1.82) is 0 Å². The van der Waals surface area contributed by atoms with Gasteiger partial charge in [-0.15, -0.1) is 12.4 Å². The van der Waals surface area contributed by atoms with Crippen LogP contribution < -0.4 is 0 Å². The lowest BCUT2D eigenvalue weighted by Crippen LogP contribution is -2.45. The van der Waals surface area contributed by atoms with Crippen molar-refractivity contribution in [2.45, 2.75) is 38.7 Å². The van der Waals surface area contributed by atoms with Crippen LogP contribution in [0.1, 0.15) is 38.7 Å². The minimum atomic E-state index is -0.417. The number of hydrogen-bond donors (Lipinski definition) is 0. The average Bonchev–Trinajstić information content (AvgIpc) is 2.48. The van der Waals surface area contributed by atoms with Gasteiger partial charge in [0.1, 0.15) is 5.60 Å². The number of nitrogens with zero attached hydrogens (tertiary/aromatic N) is 1. The third kappa shape index (κ3) is 3.74. The molecular formula is C16H24ClNO2. The molecule has 1 aromatic carbocycles. The first-order valence-electron chi connectivity index (χ1n) is 7.20. The van der Waals surface area contributed by atoms with Gasteiger partial charge < -0.3 is 9.64 Å². The SMILES string of the molecule is CCC(=O)OC1(c2ccccc2)CCN(CC)CC1.Cl. The van der Waals surface area contributed by atoms with Crippen molar-refractivity contribution in [2.75, 3.05) is 19.6 Å². The first-order chi connectivity index (χ1) is 9.20. The van der Waals surface area contributed by atoms with Gasteiger partial charge in [0.05, 0.1) is 0 Å². The normalized spacial score (nSPS) is 18.1. The number of carbonyl (C=O) groups excluding carboxylic acids is 1. The Morgan fingerprint density at radius 1 is 1.20 bits per heavy atom. The van der Waals surface area contributed by atoms with Crippen molar-refractivity contribution in [2.24, 2.45) is 0 Å². The minimum absolute atomic E-state index is 0. The van der Waals surface area contributed by atoms with Gasteiger partial charge in [-0.1, -0.05) is 44.2 Å². The van der Waals surface area contributed by atoms with E-state index in [-0.39, 0.29) is 18.4 Å². The number of rotatable bonds is 4. The molecule has 1 saturated heterocycles. The number of esters is 1. The van der Waals surface area contributed by atoms with Crippen LogP contribution in [0.3, 0.4) is 0 Å². The fourth-order valence-electron chi connectivity index (χ4n) is 2.71. The molecule has 1 aliphatic rings. The number of benzene rings is 1. The summed E-state index contributed by atoms with van der Waals surface area (Å²) < 4.78 is 5.84. The van der Waals surface area contributed by atoms with Gasteiger partial charge >= 0.3 is 5.97 Å². The first-order valence-corrected chi connectivity index (χ1v) is 7.20. The van der Waals surface area contributed by atoms with Crippen LogP contribution in [0.25, 0.3) is 0 Å². The van der Waals surface area contributed by atoms with Gasteiger partial charge in [0.2, 0.25) is 0 Å². The van der Waals surface area contributed by atoms with Crippen molar-refractivity contribution < 1.29 is 9.53 Å². The molecular weight excluding hydrogens is 274 g/mol. The fraction of sp³-hybridized carbons (Fsp3) is 0.562. The number of hydrogen-bond acceptors (Lipinski definition) is 3. The molecule has 0 aromatic heterocycles. The van der Waals surface area contributed by atoms with Crippen molar-refractivity contribution >= 4 is 18.4 Å². The third-order valence-electron chi connectivity index (χ3n) is 4.01. The molecule has 1 heterocycles. The zero-order valence-electron chi connectivity index (χ0n) is 12.3. The second-order valence-corrected chi connectivity index (χ2v) is 5.12. The Hall–Kier alpha value is -1.06. The number of ether oxygens (including phenoxy) is 1. The van der Waals surface area contributed by atoms with E-state index >= 15 is 0 Å². The molecule has 0 spiro atoms. The smallest absolute Gasteiger partial charge is 0.306 e. The summed E-state index contributed by atoms with van der Waals surface area (Å²) in [4.78, 5) is 14.2. The average molecular weight is 298 g/mol. The summed E-state index contributed by atoms with van der Waals surface area (Å²) >= 11 is 0. The topological polar surface area (TPSA) is 29.5 Å². The summed E-state index contributed by atoms with van der Waals surface area (Å²) in [6.45, 7) is 7.06. The Morgan fingerprint density at radius 2 is 1.80 bits per heavy atom. The fourth-order valence-corrected chi connectivity index (χ4v) is 2.71. The standard InChI is InChI=1S/C16H23NO2.ClH/c1-3-15(18)19-16(14-8-6-5-7-9-14)10-12-17(4-2)13-11-16;/h5-9H,3-4,10-13H2,1-2H3;1H. The molecule has 0 saturated carbocycles. The number of likely N-dealkylation sites (tertiary alicyclic amines) is 1. The van der Waals surface area contributed by atoms with E-state index < -0.39 is 5.60 Å². The molecule has 0 amide bonds. The van der Waals surface area contributed by atoms with Gasteiger partial charge in [-0.25, -0.2) is 0 Å². The van der Waals surface area contributed by atoms with E-state index in [1.807, 2.05) is 25.1 Å². The molecule has 1 aromatic rings. The molecule has 112 valence electrons. The van der Waals surface area contributed by atoms with E-state index in [1.54, 1.807) is 0 Å². The van der Waals surface area contributed by atoms with Crippen LogP contribution in [0, 0.1) is 0 Å². The zero-order chi connectivity index (χ0) is 13.7. The summed E-state index contributed by atoms with van der Waals surface area (Å²) in [5.41, 5.74) is 0.715.